The van der Waals surface area contributed by atoms with E-state index >= 15 is 0 Å². The van der Waals surface area contributed by atoms with Crippen LogP contribution in [0, 0.1) is 6.92 Å². The summed E-state index contributed by atoms with van der Waals surface area (Å²) < 4.78 is 3.53. The largest absolute Gasteiger partial charge is 0.304 e. The topological polar surface area (TPSA) is 64.7 Å². The Bertz CT molecular complexity index is 804. The molecule has 0 saturated carbocycles. The third kappa shape index (κ3) is 3.31. The lowest BCUT2D eigenvalue weighted by molar-refractivity contribution is 0.101. The summed E-state index contributed by atoms with van der Waals surface area (Å²) in [7, 11) is 0. The van der Waals surface area contributed by atoms with Crippen LogP contribution in [-0.2, 0) is 13.1 Å². The first kappa shape index (κ1) is 15.0. The number of anilines is 1. The molecule has 1 amide bonds. The van der Waals surface area contributed by atoms with Crippen LogP contribution in [0.15, 0.2) is 48.7 Å². The smallest absolute Gasteiger partial charge is 0.275 e. The van der Waals surface area contributed by atoms with Crippen molar-refractivity contribution in [1.29, 1.82) is 0 Å². The second-order valence-corrected chi connectivity index (χ2v) is 5.30. The Balaban J connectivity index is 1.75. The Morgan fingerprint density at radius 2 is 1.96 bits per heavy atom. The second kappa shape index (κ2) is 6.48. The third-order valence-corrected chi connectivity index (χ3v) is 3.65. The van der Waals surface area contributed by atoms with Crippen LogP contribution in [0.5, 0.6) is 0 Å². The molecule has 23 heavy (non-hydrogen) atoms. The van der Waals surface area contributed by atoms with Crippen LogP contribution in [0.4, 0.5) is 5.82 Å². The van der Waals surface area contributed by atoms with E-state index in [0.29, 0.717) is 24.6 Å². The van der Waals surface area contributed by atoms with Crippen LogP contribution in [0.25, 0.3) is 0 Å². The quantitative estimate of drug-likeness (QED) is 0.788. The monoisotopic (exact) mass is 309 g/mol. The maximum atomic E-state index is 12.3. The molecule has 3 rings (SSSR count). The van der Waals surface area contributed by atoms with Gasteiger partial charge >= 0.3 is 0 Å². The average Bonchev–Trinajstić information content (AvgIpc) is 3.15. The van der Waals surface area contributed by atoms with E-state index < -0.39 is 0 Å². The van der Waals surface area contributed by atoms with E-state index in [1.807, 2.05) is 42.8 Å². The molecule has 118 valence electrons. The molecular weight excluding hydrogens is 290 g/mol. The van der Waals surface area contributed by atoms with Gasteiger partial charge in [-0.25, -0.2) is 0 Å². The van der Waals surface area contributed by atoms with Crippen molar-refractivity contribution >= 4 is 11.7 Å². The first-order valence-electron chi connectivity index (χ1n) is 7.59. The molecule has 0 bridgehead atoms. The average molecular weight is 309 g/mol. The fraction of sp³-hybridized carbons (Fsp3) is 0.235. The summed E-state index contributed by atoms with van der Waals surface area (Å²) in [4.78, 5) is 12.3. The van der Waals surface area contributed by atoms with Crippen LogP contribution >= 0.6 is 0 Å². The summed E-state index contributed by atoms with van der Waals surface area (Å²) in [5.41, 5.74) is 2.69. The van der Waals surface area contributed by atoms with Crippen molar-refractivity contribution in [3.8, 4) is 0 Å². The number of carbonyl (C=O) groups is 1. The minimum atomic E-state index is -0.200. The molecule has 6 heteroatoms. The number of aryl methyl sites for hydroxylation is 2. The number of nitrogens with one attached hydrogen (secondary N) is 1. The molecule has 0 unspecified atom stereocenters. The van der Waals surface area contributed by atoms with E-state index in [2.05, 4.69) is 27.6 Å². The standard InChI is InChI=1S/C17H19N5O/c1-3-21-15(9-10-18-21)17(23)19-16-11-13(2)22(20-16)12-14-7-5-4-6-8-14/h4-11H,3,12H2,1-2H3,(H,19,20,23). The number of carbonyl (C=O) groups excluding carboxylic acids is 1. The van der Waals surface area contributed by atoms with Gasteiger partial charge in [-0.15, -0.1) is 0 Å². The summed E-state index contributed by atoms with van der Waals surface area (Å²) in [6, 6.07) is 13.7. The number of hydrogen-bond acceptors (Lipinski definition) is 3. The van der Waals surface area contributed by atoms with Crippen molar-refractivity contribution < 1.29 is 4.79 Å². The molecule has 2 aromatic heterocycles. The maximum absolute atomic E-state index is 12.3. The highest BCUT2D eigenvalue weighted by Gasteiger charge is 2.13. The van der Waals surface area contributed by atoms with Gasteiger partial charge in [0.1, 0.15) is 5.69 Å². The molecule has 0 aliphatic rings. The zero-order chi connectivity index (χ0) is 16.2. The van der Waals surface area contributed by atoms with Crippen molar-refractivity contribution in [2.75, 3.05) is 5.32 Å². The fourth-order valence-corrected chi connectivity index (χ4v) is 2.45. The van der Waals surface area contributed by atoms with Crippen LogP contribution in [0.2, 0.25) is 0 Å². The molecule has 0 saturated heterocycles. The van der Waals surface area contributed by atoms with Gasteiger partial charge in [0.25, 0.3) is 5.91 Å². The van der Waals surface area contributed by atoms with Gasteiger partial charge in [-0.3, -0.25) is 14.2 Å². The van der Waals surface area contributed by atoms with Crippen molar-refractivity contribution in [2.45, 2.75) is 26.9 Å². The highest BCUT2D eigenvalue weighted by molar-refractivity contribution is 6.02. The van der Waals surface area contributed by atoms with Gasteiger partial charge in [0, 0.05) is 24.5 Å². The number of rotatable bonds is 5. The minimum Gasteiger partial charge on any atom is -0.304 e. The molecule has 0 atom stereocenters. The predicted octanol–water partition coefficient (Wildman–Crippen LogP) is 2.71. The third-order valence-electron chi connectivity index (χ3n) is 3.65. The predicted molar refractivity (Wildman–Crippen MR) is 88.4 cm³/mol. The Kier molecular flexibility index (Phi) is 4.23. The summed E-state index contributed by atoms with van der Waals surface area (Å²) in [6.45, 7) is 5.25. The van der Waals surface area contributed by atoms with E-state index in [9.17, 15) is 4.79 Å². The van der Waals surface area contributed by atoms with Gasteiger partial charge in [0.2, 0.25) is 0 Å². The van der Waals surface area contributed by atoms with E-state index in [-0.39, 0.29) is 5.91 Å². The van der Waals surface area contributed by atoms with Crippen molar-refractivity contribution in [1.82, 2.24) is 19.6 Å². The molecule has 6 nitrogen and oxygen atoms in total. The zero-order valence-electron chi connectivity index (χ0n) is 13.2. The highest BCUT2D eigenvalue weighted by atomic mass is 16.2. The summed E-state index contributed by atoms with van der Waals surface area (Å²) in [5, 5.41) is 11.4. The van der Waals surface area contributed by atoms with E-state index in [0.717, 1.165) is 5.69 Å². The van der Waals surface area contributed by atoms with E-state index in [4.69, 9.17) is 0 Å². The molecule has 3 aromatic rings. The van der Waals surface area contributed by atoms with Gasteiger partial charge in [-0.2, -0.15) is 10.2 Å². The van der Waals surface area contributed by atoms with Gasteiger partial charge in [0.05, 0.1) is 6.54 Å². The highest BCUT2D eigenvalue weighted by Crippen LogP contribution is 2.12. The number of aromatic nitrogens is 4. The summed E-state index contributed by atoms with van der Waals surface area (Å²) in [5.74, 6) is 0.348. The molecule has 0 aliphatic heterocycles. The Morgan fingerprint density at radius 1 is 1.17 bits per heavy atom. The van der Waals surface area contributed by atoms with Crippen molar-refractivity contribution in [3.05, 3.63) is 65.6 Å². The van der Waals surface area contributed by atoms with Crippen LogP contribution in [0.1, 0.15) is 28.7 Å². The normalized spacial score (nSPS) is 10.7. The van der Waals surface area contributed by atoms with Gasteiger partial charge in [-0.1, -0.05) is 30.3 Å². The number of amides is 1. The molecule has 0 spiro atoms. The number of benzene rings is 1. The lowest BCUT2D eigenvalue weighted by atomic mass is 10.2. The lowest BCUT2D eigenvalue weighted by Crippen LogP contribution is -2.17. The summed E-state index contributed by atoms with van der Waals surface area (Å²) in [6.07, 6.45) is 1.62. The van der Waals surface area contributed by atoms with Gasteiger partial charge in [-0.05, 0) is 25.5 Å². The zero-order valence-corrected chi connectivity index (χ0v) is 13.2. The van der Waals surface area contributed by atoms with Crippen LogP contribution in [-0.4, -0.2) is 25.5 Å². The molecule has 0 aliphatic carbocycles. The first-order chi connectivity index (χ1) is 11.2. The number of nitrogens with zero attached hydrogens (tertiary/aromatic N) is 4. The van der Waals surface area contributed by atoms with Gasteiger partial charge in [0.15, 0.2) is 5.82 Å². The van der Waals surface area contributed by atoms with Crippen molar-refractivity contribution in [2.24, 2.45) is 0 Å². The lowest BCUT2D eigenvalue weighted by Gasteiger charge is -2.05. The molecule has 1 N–H and O–H groups in total. The fourth-order valence-electron chi connectivity index (χ4n) is 2.45. The maximum Gasteiger partial charge on any atom is 0.275 e. The molecular formula is C17H19N5O. The SMILES string of the molecule is CCn1nccc1C(=O)Nc1cc(C)n(Cc2ccccc2)n1. The molecule has 2 heterocycles. The van der Waals surface area contributed by atoms with Gasteiger partial charge < -0.3 is 5.32 Å². The number of hydrogen-bond donors (Lipinski definition) is 1. The molecule has 0 fully saturated rings. The van der Waals surface area contributed by atoms with Crippen LogP contribution in [0.3, 0.4) is 0 Å². The minimum absolute atomic E-state index is 0.200. The Morgan fingerprint density at radius 3 is 2.70 bits per heavy atom. The second-order valence-electron chi connectivity index (χ2n) is 5.30. The summed E-state index contributed by atoms with van der Waals surface area (Å²) >= 11 is 0. The van der Waals surface area contributed by atoms with E-state index in [1.165, 1.54) is 5.56 Å². The first-order valence-corrected chi connectivity index (χ1v) is 7.59. The Hall–Kier alpha value is -2.89. The molecule has 1 aromatic carbocycles. The van der Waals surface area contributed by atoms with E-state index in [1.54, 1.807) is 16.9 Å². The molecule has 0 radical (unpaired) electrons. The van der Waals surface area contributed by atoms with Crippen molar-refractivity contribution in [3.63, 3.8) is 0 Å². The Labute approximate surface area is 134 Å². The van der Waals surface area contributed by atoms with Crippen LogP contribution < -0.4 is 5.32 Å².